The Kier molecular flexibility index (Phi) is 5.72. The lowest BCUT2D eigenvalue weighted by Crippen LogP contribution is -2.32. The maximum atomic E-state index is 11.1. The van der Waals surface area contributed by atoms with E-state index in [1.165, 1.54) is 0 Å². The van der Waals surface area contributed by atoms with Gasteiger partial charge in [-0.2, -0.15) is 5.48 Å². The molecule has 0 rings (SSSR count). The average Bonchev–Trinajstić information content (AvgIpc) is 1.94. The van der Waals surface area contributed by atoms with Crippen LogP contribution in [-0.2, 0) is 14.4 Å². The molecule has 0 aromatic carbocycles. The molecule has 0 heterocycles. The van der Waals surface area contributed by atoms with Crippen LogP contribution in [0.15, 0.2) is 0 Å². The number of rotatable bonds is 5. The monoisotopic (exact) mass is 203 g/mol. The van der Waals surface area contributed by atoms with Crippen molar-refractivity contribution >= 4 is 5.97 Å². The van der Waals surface area contributed by atoms with Gasteiger partial charge in [0.2, 0.25) is 0 Å². The van der Waals surface area contributed by atoms with Crippen molar-refractivity contribution in [2.24, 2.45) is 5.92 Å². The van der Waals surface area contributed by atoms with Crippen LogP contribution in [0.3, 0.4) is 0 Å². The van der Waals surface area contributed by atoms with Gasteiger partial charge in [-0.3, -0.25) is 4.79 Å². The number of hydrogen-bond donors (Lipinski definition) is 1. The second kappa shape index (κ2) is 5.98. The van der Waals surface area contributed by atoms with Crippen LogP contribution in [0.25, 0.3) is 0 Å². The highest BCUT2D eigenvalue weighted by atomic mass is 16.6. The zero-order valence-electron chi connectivity index (χ0n) is 9.72. The molecule has 4 nitrogen and oxygen atoms in total. The Balaban J connectivity index is 3.46. The van der Waals surface area contributed by atoms with Crippen molar-refractivity contribution in [3.8, 4) is 0 Å². The molecule has 0 radical (unpaired) electrons. The molecule has 0 saturated heterocycles. The lowest BCUT2D eigenvalue weighted by atomic mass is 10.2. The summed E-state index contributed by atoms with van der Waals surface area (Å²) in [6, 6.07) is 0. The first-order chi connectivity index (χ1) is 6.31. The Bertz CT molecular complexity index is 173. The number of hydrogen-bond acceptors (Lipinski definition) is 4. The summed E-state index contributed by atoms with van der Waals surface area (Å²) in [6.45, 7) is 10.2. The highest BCUT2D eigenvalue weighted by Crippen LogP contribution is 2.06. The first-order valence-electron chi connectivity index (χ1n) is 4.88. The van der Waals surface area contributed by atoms with Gasteiger partial charge in [0, 0.05) is 0 Å². The van der Waals surface area contributed by atoms with E-state index in [-0.39, 0.29) is 12.5 Å². The zero-order valence-corrected chi connectivity index (χ0v) is 9.72. The van der Waals surface area contributed by atoms with Gasteiger partial charge in [0.15, 0.2) is 0 Å². The predicted molar refractivity (Wildman–Crippen MR) is 54.6 cm³/mol. The van der Waals surface area contributed by atoms with E-state index in [1.54, 1.807) is 0 Å². The minimum Gasteiger partial charge on any atom is -0.459 e. The van der Waals surface area contributed by atoms with E-state index in [1.807, 2.05) is 34.6 Å². The third-order valence-corrected chi connectivity index (χ3v) is 1.16. The van der Waals surface area contributed by atoms with Crippen LogP contribution in [0.1, 0.15) is 34.6 Å². The van der Waals surface area contributed by atoms with Gasteiger partial charge in [-0.25, -0.2) is 0 Å². The van der Waals surface area contributed by atoms with Gasteiger partial charge in [0.1, 0.15) is 12.1 Å². The van der Waals surface area contributed by atoms with Crippen LogP contribution in [0.5, 0.6) is 0 Å². The summed E-state index contributed by atoms with van der Waals surface area (Å²) in [7, 11) is 0. The van der Waals surface area contributed by atoms with Crippen molar-refractivity contribution in [2.75, 3.05) is 13.2 Å². The number of hydroxylamine groups is 1. The second-order valence-corrected chi connectivity index (χ2v) is 4.61. The molecule has 0 unspecified atom stereocenters. The van der Waals surface area contributed by atoms with Crippen molar-refractivity contribution in [1.82, 2.24) is 5.48 Å². The Morgan fingerprint density at radius 3 is 2.36 bits per heavy atom. The van der Waals surface area contributed by atoms with Gasteiger partial charge in [0.05, 0.1) is 6.61 Å². The summed E-state index contributed by atoms with van der Waals surface area (Å²) in [6.07, 6.45) is 0. The third-order valence-electron chi connectivity index (χ3n) is 1.16. The molecule has 1 N–H and O–H groups in total. The summed E-state index contributed by atoms with van der Waals surface area (Å²) in [5, 5.41) is 0. The summed E-state index contributed by atoms with van der Waals surface area (Å²) >= 11 is 0. The number of ether oxygens (including phenoxy) is 1. The lowest BCUT2D eigenvalue weighted by molar-refractivity contribution is -0.156. The highest BCUT2D eigenvalue weighted by Gasteiger charge is 2.15. The first kappa shape index (κ1) is 13.4. The molecule has 0 atom stereocenters. The number of nitrogens with one attached hydrogen (secondary N) is 1. The average molecular weight is 203 g/mol. The minimum atomic E-state index is -0.434. The van der Waals surface area contributed by atoms with Crippen LogP contribution in [0.2, 0.25) is 0 Å². The molecule has 14 heavy (non-hydrogen) atoms. The van der Waals surface area contributed by atoms with Crippen molar-refractivity contribution in [3.05, 3.63) is 0 Å². The summed E-state index contributed by atoms with van der Waals surface area (Å²) in [4.78, 5) is 16.2. The van der Waals surface area contributed by atoms with Crippen LogP contribution < -0.4 is 5.48 Å². The van der Waals surface area contributed by atoms with Crippen LogP contribution in [-0.4, -0.2) is 24.7 Å². The van der Waals surface area contributed by atoms with Gasteiger partial charge in [-0.05, 0) is 26.7 Å². The van der Waals surface area contributed by atoms with Gasteiger partial charge in [-0.1, -0.05) is 13.8 Å². The SMILES string of the molecule is CC(C)CONCC(=O)OC(C)(C)C. The van der Waals surface area contributed by atoms with E-state index in [9.17, 15) is 4.79 Å². The highest BCUT2D eigenvalue weighted by molar-refractivity contribution is 5.71. The standard InChI is InChI=1S/C10H21NO3/c1-8(2)7-13-11-6-9(12)14-10(3,4)5/h8,11H,6-7H2,1-5H3. The molecule has 0 aliphatic carbocycles. The molecule has 0 fully saturated rings. The van der Waals surface area contributed by atoms with Gasteiger partial charge < -0.3 is 9.57 Å². The normalized spacial score (nSPS) is 11.9. The maximum Gasteiger partial charge on any atom is 0.322 e. The number of esters is 1. The fourth-order valence-electron chi connectivity index (χ4n) is 0.713. The molecule has 0 spiro atoms. The van der Waals surface area contributed by atoms with Gasteiger partial charge in [0.25, 0.3) is 0 Å². The predicted octanol–water partition coefficient (Wildman–Crippen LogP) is 1.51. The van der Waals surface area contributed by atoms with E-state index < -0.39 is 5.60 Å². The number of carbonyl (C=O) groups is 1. The molecule has 0 aliphatic heterocycles. The number of carbonyl (C=O) groups excluding carboxylic acids is 1. The largest absolute Gasteiger partial charge is 0.459 e. The summed E-state index contributed by atoms with van der Waals surface area (Å²) in [5.74, 6) is 0.141. The van der Waals surface area contributed by atoms with Gasteiger partial charge in [-0.15, -0.1) is 0 Å². The summed E-state index contributed by atoms with van der Waals surface area (Å²) < 4.78 is 5.06. The molecule has 0 amide bonds. The topological polar surface area (TPSA) is 47.6 Å². The van der Waals surface area contributed by atoms with E-state index >= 15 is 0 Å². The van der Waals surface area contributed by atoms with Crippen molar-refractivity contribution in [2.45, 2.75) is 40.2 Å². The van der Waals surface area contributed by atoms with Gasteiger partial charge >= 0.3 is 5.97 Å². The lowest BCUT2D eigenvalue weighted by Gasteiger charge is -2.19. The van der Waals surface area contributed by atoms with E-state index in [0.29, 0.717) is 12.5 Å². The molecule has 0 aromatic rings. The Labute approximate surface area is 85.9 Å². The zero-order chi connectivity index (χ0) is 11.2. The molecule has 0 aliphatic rings. The smallest absolute Gasteiger partial charge is 0.322 e. The molecular formula is C10H21NO3. The van der Waals surface area contributed by atoms with Crippen LogP contribution in [0.4, 0.5) is 0 Å². The maximum absolute atomic E-state index is 11.1. The molecule has 4 heteroatoms. The quantitative estimate of drug-likeness (QED) is 0.418. The molecule has 0 bridgehead atoms. The minimum absolute atomic E-state index is 0.0873. The molecule has 0 saturated carbocycles. The van der Waals surface area contributed by atoms with E-state index in [0.717, 1.165) is 0 Å². The fourth-order valence-corrected chi connectivity index (χ4v) is 0.713. The third kappa shape index (κ3) is 9.48. The van der Waals surface area contributed by atoms with Crippen molar-refractivity contribution in [1.29, 1.82) is 0 Å². The Morgan fingerprint density at radius 1 is 1.36 bits per heavy atom. The van der Waals surface area contributed by atoms with Crippen LogP contribution in [0, 0.1) is 5.92 Å². The molecular weight excluding hydrogens is 182 g/mol. The second-order valence-electron chi connectivity index (χ2n) is 4.61. The first-order valence-corrected chi connectivity index (χ1v) is 4.88. The fraction of sp³-hybridized carbons (Fsp3) is 0.900. The van der Waals surface area contributed by atoms with Crippen molar-refractivity contribution in [3.63, 3.8) is 0 Å². The summed E-state index contributed by atoms with van der Waals surface area (Å²) in [5.41, 5.74) is 2.13. The van der Waals surface area contributed by atoms with Crippen LogP contribution >= 0.6 is 0 Å². The van der Waals surface area contributed by atoms with E-state index in [4.69, 9.17) is 9.57 Å². The molecule has 0 aromatic heterocycles. The Hall–Kier alpha value is -0.610. The Morgan fingerprint density at radius 2 is 1.93 bits per heavy atom. The van der Waals surface area contributed by atoms with Crippen molar-refractivity contribution < 1.29 is 14.4 Å². The van der Waals surface area contributed by atoms with E-state index in [2.05, 4.69) is 5.48 Å². The molecule has 84 valence electrons.